The van der Waals surface area contributed by atoms with E-state index in [0.29, 0.717) is 18.3 Å². The number of hydrogen-bond donors (Lipinski definition) is 1. The molecule has 2 aromatic heterocycles. The number of nitrogens with one attached hydrogen (secondary N) is 1. The zero-order valence-electron chi connectivity index (χ0n) is 11.5. The molecule has 1 aromatic carbocycles. The second-order valence-corrected chi connectivity index (χ2v) is 4.35. The smallest absolute Gasteiger partial charge is 0.275 e. The van der Waals surface area contributed by atoms with Crippen molar-refractivity contribution in [1.82, 2.24) is 15.1 Å². The maximum absolute atomic E-state index is 12.0. The van der Waals surface area contributed by atoms with Gasteiger partial charge < -0.3 is 14.6 Å². The van der Waals surface area contributed by atoms with Crippen molar-refractivity contribution in [2.75, 3.05) is 5.32 Å². The molecule has 0 atom stereocenters. The molecule has 0 bridgehead atoms. The van der Waals surface area contributed by atoms with Crippen LogP contribution in [-0.4, -0.2) is 21.0 Å². The van der Waals surface area contributed by atoms with Gasteiger partial charge in [-0.15, -0.1) is 0 Å². The van der Waals surface area contributed by atoms with Crippen LogP contribution in [0.4, 0.5) is 5.82 Å². The summed E-state index contributed by atoms with van der Waals surface area (Å²) in [6, 6.07) is 12.7. The van der Waals surface area contributed by atoms with Gasteiger partial charge in [0.2, 0.25) is 5.88 Å². The number of nitrogens with zero attached hydrogens (tertiary/aromatic N) is 3. The standard InChI is InChI=1S/C15H12N4O3/c20-15(18-13-6-7-22-19-13)12-8-14(17-10-16-12)21-9-11-4-2-1-3-5-11/h1-8,10H,9H2,(H,18,19,20). The van der Waals surface area contributed by atoms with Gasteiger partial charge in [-0.1, -0.05) is 35.5 Å². The molecule has 0 saturated carbocycles. The van der Waals surface area contributed by atoms with Crippen LogP contribution in [0.25, 0.3) is 0 Å². The number of anilines is 1. The van der Waals surface area contributed by atoms with Gasteiger partial charge in [-0.2, -0.15) is 0 Å². The Bertz CT molecular complexity index is 744. The van der Waals surface area contributed by atoms with Gasteiger partial charge in [-0.25, -0.2) is 9.97 Å². The topological polar surface area (TPSA) is 90.1 Å². The lowest BCUT2D eigenvalue weighted by atomic mass is 10.2. The lowest BCUT2D eigenvalue weighted by molar-refractivity contribution is 0.102. The number of hydrogen-bond acceptors (Lipinski definition) is 6. The molecule has 0 aliphatic carbocycles. The van der Waals surface area contributed by atoms with Crippen LogP contribution in [0.3, 0.4) is 0 Å². The van der Waals surface area contributed by atoms with Crippen LogP contribution in [0.5, 0.6) is 5.88 Å². The van der Waals surface area contributed by atoms with Gasteiger partial charge in [-0.3, -0.25) is 4.79 Å². The number of rotatable bonds is 5. The molecule has 7 heteroatoms. The molecule has 3 aromatic rings. The number of benzene rings is 1. The molecule has 1 amide bonds. The summed E-state index contributed by atoms with van der Waals surface area (Å²) >= 11 is 0. The molecule has 0 saturated heterocycles. The predicted octanol–water partition coefficient (Wildman–Crippen LogP) is 2.30. The molecular formula is C15H12N4O3. The van der Waals surface area contributed by atoms with Gasteiger partial charge in [0.1, 0.15) is 24.9 Å². The molecule has 0 aliphatic rings. The fraction of sp³-hybridized carbons (Fsp3) is 0.0667. The summed E-state index contributed by atoms with van der Waals surface area (Å²) in [5, 5.41) is 6.15. The summed E-state index contributed by atoms with van der Waals surface area (Å²) in [6.07, 6.45) is 2.64. The monoisotopic (exact) mass is 296 g/mol. The van der Waals surface area contributed by atoms with E-state index in [4.69, 9.17) is 4.74 Å². The minimum absolute atomic E-state index is 0.182. The van der Waals surface area contributed by atoms with Crippen molar-refractivity contribution in [3.05, 3.63) is 66.3 Å². The van der Waals surface area contributed by atoms with Crippen molar-refractivity contribution in [2.24, 2.45) is 0 Å². The molecule has 22 heavy (non-hydrogen) atoms. The summed E-state index contributed by atoms with van der Waals surface area (Å²) in [5.74, 6) is 0.223. The first-order valence-electron chi connectivity index (χ1n) is 6.52. The van der Waals surface area contributed by atoms with E-state index in [9.17, 15) is 4.79 Å². The zero-order valence-corrected chi connectivity index (χ0v) is 11.5. The van der Waals surface area contributed by atoms with Crippen molar-refractivity contribution in [1.29, 1.82) is 0 Å². The Morgan fingerprint density at radius 2 is 2.05 bits per heavy atom. The van der Waals surface area contributed by atoms with Gasteiger partial charge in [-0.05, 0) is 5.56 Å². The van der Waals surface area contributed by atoms with E-state index in [2.05, 4.69) is 25.0 Å². The van der Waals surface area contributed by atoms with Crippen LogP contribution in [0.15, 0.2) is 59.6 Å². The van der Waals surface area contributed by atoms with E-state index in [1.54, 1.807) is 0 Å². The average molecular weight is 296 g/mol. The van der Waals surface area contributed by atoms with E-state index in [0.717, 1.165) is 5.56 Å². The van der Waals surface area contributed by atoms with Gasteiger partial charge in [0, 0.05) is 12.1 Å². The highest BCUT2D eigenvalue weighted by Crippen LogP contribution is 2.11. The minimum atomic E-state index is -0.416. The summed E-state index contributed by atoms with van der Waals surface area (Å²) in [4.78, 5) is 19.9. The zero-order chi connectivity index (χ0) is 15.2. The highest BCUT2D eigenvalue weighted by molar-refractivity contribution is 6.02. The highest BCUT2D eigenvalue weighted by atomic mass is 16.5. The molecule has 0 spiro atoms. The first-order chi connectivity index (χ1) is 10.8. The summed E-state index contributed by atoms with van der Waals surface area (Å²) in [6.45, 7) is 0.363. The quantitative estimate of drug-likeness (QED) is 0.777. The molecule has 0 radical (unpaired) electrons. The summed E-state index contributed by atoms with van der Waals surface area (Å²) in [7, 11) is 0. The fourth-order valence-corrected chi connectivity index (χ4v) is 1.73. The first-order valence-corrected chi connectivity index (χ1v) is 6.52. The normalized spacial score (nSPS) is 10.2. The third kappa shape index (κ3) is 3.45. The Hall–Kier alpha value is -3.22. The Morgan fingerprint density at radius 1 is 1.18 bits per heavy atom. The number of carbonyl (C=O) groups excluding carboxylic acids is 1. The van der Waals surface area contributed by atoms with Crippen LogP contribution in [0, 0.1) is 0 Å². The van der Waals surface area contributed by atoms with E-state index in [-0.39, 0.29) is 5.69 Å². The average Bonchev–Trinajstić information content (AvgIpc) is 3.07. The lowest BCUT2D eigenvalue weighted by Gasteiger charge is -2.06. The van der Waals surface area contributed by atoms with E-state index in [1.807, 2.05) is 30.3 Å². The van der Waals surface area contributed by atoms with Crippen molar-refractivity contribution in [3.63, 3.8) is 0 Å². The Balaban J connectivity index is 1.65. The van der Waals surface area contributed by atoms with Crippen LogP contribution in [-0.2, 0) is 6.61 Å². The van der Waals surface area contributed by atoms with Gasteiger partial charge in [0.15, 0.2) is 5.82 Å². The lowest BCUT2D eigenvalue weighted by Crippen LogP contribution is -2.14. The molecule has 1 N–H and O–H groups in total. The Kier molecular flexibility index (Phi) is 4.05. The fourth-order valence-electron chi connectivity index (χ4n) is 1.73. The van der Waals surface area contributed by atoms with Crippen molar-refractivity contribution in [2.45, 2.75) is 6.61 Å². The second kappa shape index (κ2) is 6.49. The van der Waals surface area contributed by atoms with Crippen molar-refractivity contribution in [3.8, 4) is 5.88 Å². The summed E-state index contributed by atoms with van der Waals surface area (Å²) < 4.78 is 10.2. The van der Waals surface area contributed by atoms with E-state index >= 15 is 0 Å². The molecule has 2 heterocycles. The Labute approximate surface area is 126 Å². The second-order valence-electron chi connectivity index (χ2n) is 4.35. The van der Waals surface area contributed by atoms with Crippen LogP contribution in [0.2, 0.25) is 0 Å². The largest absolute Gasteiger partial charge is 0.473 e. The maximum Gasteiger partial charge on any atom is 0.275 e. The third-order valence-electron chi connectivity index (χ3n) is 2.78. The number of amides is 1. The molecule has 110 valence electrons. The molecule has 0 fully saturated rings. The van der Waals surface area contributed by atoms with Crippen molar-refractivity contribution < 1.29 is 14.1 Å². The summed E-state index contributed by atoms with van der Waals surface area (Å²) in [5.41, 5.74) is 1.19. The van der Waals surface area contributed by atoms with Crippen molar-refractivity contribution >= 4 is 11.7 Å². The SMILES string of the molecule is O=C(Nc1ccon1)c1cc(OCc2ccccc2)ncn1. The number of carbonyl (C=O) groups is 1. The molecule has 0 unspecified atom stereocenters. The van der Waals surface area contributed by atoms with Gasteiger partial charge in [0.25, 0.3) is 5.91 Å². The number of aromatic nitrogens is 3. The maximum atomic E-state index is 12.0. The third-order valence-corrected chi connectivity index (χ3v) is 2.78. The van der Waals surface area contributed by atoms with Gasteiger partial charge >= 0.3 is 0 Å². The van der Waals surface area contributed by atoms with Crippen LogP contribution < -0.4 is 10.1 Å². The van der Waals surface area contributed by atoms with Crippen LogP contribution in [0.1, 0.15) is 16.1 Å². The molecular weight excluding hydrogens is 284 g/mol. The highest BCUT2D eigenvalue weighted by Gasteiger charge is 2.11. The molecule has 7 nitrogen and oxygen atoms in total. The van der Waals surface area contributed by atoms with E-state index < -0.39 is 5.91 Å². The Morgan fingerprint density at radius 3 is 2.82 bits per heavy atom. The minimum Gasteiger partial charge on any atom is -0.473 e. The first kappa shape index (κ1) is 13.7. The van der Waals surface area contributed by atoms with Gasteiger partial charge in [0.05, 0.1) is 0 Å². The molecule has 0 aliphatic heterocycles. The van der Waals surface area contributed by atoms with Crippen LogP contribution >= 0.6 is 0 Å². The predicted molar refractivity (Wildman–Crippen MR) is 77.3 cm³/mol. The molecule has 3 rings (SSSR count). The van der Waals surface area contributed by atoms with E-state index in [1.165, 1.54) is 24.7 Å². The number of ether oxygens (including phenoxy) is 1.